The summed E-state index contributed by atoms with van der Waals surface area (Å²) < 4.78 is 13.1. The van der Waals surface area contributed by atoms with E-state index in [9.17, 15) is 14.0 Å². The van der Waals surface area contributed by atoms with Crippen molar-refractivity contribution < 1.29 is 14.0 Å². The Morgan fingerprint density at radius 2 is 1.97 bits per heavy atom. The summed E-state index contributed by atoms with van der Waals surface area (Å²) >= 11 is 3.06. The molecule has 29 heavy (non-hydrogen) atoms. The minimum atomic E-state index is -0.284. The molecule has 0 atom stereocenters. The minimum absolute atomic E-state index is 0.0758. The number of carbonyl (C=O) groups is 2. The molecule has 0 radical (unpaired) electrons. The first-order valence-corrected chi connectivity index (χ1v) is 11.2. The van der Waals surface area contributed by atoms with Crippen LogP contribution < -0.4 is 4.90 Å². The number of hydrogen-bond donors (Lipinski definition) is 0. The van der Waals surface area contributed by atoms with Gasteiger partial charge in [-0.25, -0.2) is 9.18 Å². The lowest BCUT2D eigenvalue weighted by atomic mass is 10.1. The molecule has 1 aliphatic heterocycles. The van der Waals surface area contributed by atoms with Crippen molar-refractivity contribution in [1.29, 1.82) is 0 Å². The summed E-state index contributed by atoms with van der Waals surface area (Å²) in [6.45, 7) is 3.57. The molecule has 4 nitrogen and oxygen atoms in total. The highest BCUT2D eigenvalue weighted by Gasteiger charge is 2.31. The Bertz CT molecular complexity index is 1010. The van der Waals surface area contributed by atoms with Crippen LogP contribution in [0.3, 0.4) is 0 Å². The SMILES string of the molecule is Cc1cc(N2CCN(Cc3ccc(F)cc3)C2=O)sc1C(=O)CCc1cccs1. The smallest absolute Gasteiger partial charge is 0.318 e. The third-order valence-electron chi connectivity index (χ3n) is 4.98. The lowest BCUT2D eigenvalue weighted by Crippen LogP contribution is -2.30. The van der Waals surface area contributed by atoms with Crippen LogP contribution in [0, 0.1) is 12.7 Å². The van der Waals surface area contributed by atoms with Crippen molar-refractivity contribution in [2.45, 2.75) is 26.3 Å². The number of halogens is 1. The van der Waals surface area contributed by atoms with Crippen LogP contribution in [0.1, 0.15) is 32.1 Å². The number of ketones is 1. The number of anilines is 1. The molecule has 0 saturated carbocycles. The van der Waals surface area contributed by atoms with Crippen molar-refractivity contribution in [3.8, 4) is 0 Å². The van der Waals surface area contributed by atoms with Gasteiger partial charge < -0.3 is 4.90 Å². The van der Waals surface area contributed by atoms with Crippen molar-refractivity contribution in [3.63, 3.8) is 0 Å². The average Bonchev–Trinajstić information content (AvgIpc) is 3.43. The summed E-state index contributed by atoms with van der Waals surface area (Å²) in [5, 5.41) is 2.83. The van der Waals surface area contributed by atoms with Gasteiger partial charge in [0.25, 0.3) is 0 Å². The number of urea groups is 1. The molecule has 3 heterocycles. The molecule has 150 valence electrons. The van der Waals surface area contributed by atoms with Gasteiger partial charge in [-0.1, -0.05) is 18.2 Å². The summed E-state index contributed by atoms with van der Waals surface area (Å²) in [5.74, 6) is -0.157. The average molecular weight is 429 g/mol. The topological polar surface area (TPSA) is 40.6 Å². The second-order valence-corrected chi connectivity index (χ2v) is 9.14. The number of amides is 2. The second kappa shape index (κ2) is 8.47. The number of nitrogens with zero attached hydrogens (tertiary/aromatic N) is 2. The van der Waals surface area contributed by atoms with E-state index >= 15 is 0 Å². The van der Waals surface area contributed by atoms with E-state index in [4.69, 9.17) is 0 Å². The van der Waals surface area contributed by atoms with Crippen molar-refractivity contribution in [1.82, 2.24) is 4.90 Å². The number of Topliss-reactive ketones (excluding diaryl/α,β-unsaturated/α-hetero) is 1. The van der Waals surface area contributed by atoms with E-state index in [1.807, 2.05) is 30.5 Å². The lowest BCUT2D eigenvalue weighted by molar-refractivity contribution is 0.0986. The van der Waals surface area contributed by atoms with Crippen molar-refractivity contribution in [2.24, 2.45) is 0 Å². The van der Waals surface area contributed by atoms with Crippen LogP contribution in [-0.4, -0.2) is 29.8 Å². The van der Waals surface area contributed by atoms with E-state index in [1.165, 1.54) is 28.3 Å². The monoisotopic (exact) mass is 428 g/mol. The number of rotatable bonds is 7. The van der Waals surface area contributed by atoms with Gasteiger partial charge in [-0.2, -0.15) is 0 Å². The van der Waals surface area contributed by atoms with Gasteiger partial charge in [-0.3, -0.25) is 9.69 Å². The fourth-order valence-electron chi connectivity index (χ4n) is 3.42. The third kappa shape index (κ3) is 4.41. The summed E-state index contributed by atoms with van der Waals surface area (Å²) in [6, 6.07) is 12.1. The van der Waals surface area contributed by atoms with Gasteiger partial charge in [0, 0.05) is 30.9 Å². The predicted molar refractivity (Wildman–Crippen MR) is 116 cm³/mol. The van der Waals surface area contributed by atoms with E-state index in [1.54, 1.807) is 33.3 Å². The molecule has 1 saturated heterocycles. The molecule has 0 N–H and O–H groups in total. The fourth-order valence-corrected chi connectivity index (χ4v) is 5.29. The Morgan fingerprint density at radius 1 is 1.17 bits per heavy atom. The molecule has 1 aromatic carbocycles. The first-order chi connectivity index (χ1) is 14.0. The molecular formula is C22H21FN2O2S2. The van der Waals surface area contributed by atoms with Gasteiger partial charge in [0.05, 0.1) is 9.88 Å². The summed E-state index contributed by atoms with van der Waals surface area (Å²) in [7, 11) is 0. The largest absolute Gasteiger partial charge is 0.325 e. The van der Waals surface area contributed by atoms with Gasteiger partial charge in [-0.05, 0) is 54.1 Å². The van der Waals surface area contributed by atoms with Gasteiger partial charge in [0.15, 0.2) is 5.78 Å². The molecule has 2 aromatic heterocycles. The summed E-state index contributed by atoms with van der Waals surface area (Å²) in [5.41, 5.74) is 1.82. The maximum Gasteiger partial charge on any atom is 0.325 e. The van der Waals surface area contributed by atoms with Gasteiger partial charge in [0.1, 0.15) is 5.82 Å². The van der Waals surface area contributed by atoms with E-state index in [0.717, 1.165) is 27.4 Å². The zero-order valence-electron chi connectivity index (χ0n) is 16.1. The van der Waals surface area contributed by atoms with E-state index in [0.29, 0.717) is 26.1 Å². The number of benzene rings is 1. The standard InChI is InChI=1S/C22H21FN2O2S2/c1-15-13-20(29-21(15)19(26)9-8-18-3-2-12-28-18)25-11-10-24(22(25)27)14-16-4-6-17(23)7-5-16/h2-7,12-13H,8-11,14H2,1H3. The minimum Gasteiger partial charge on any atom is -0.318 e. The highest BCUT2D eigenvalue weighted by molar-refractivity contribution is 7.18. The van der Waals surface area contributed by atoms with Gasteiger partial charge in [0.2, 0.25) is 0 Å². The van der Waals surface area contributed by atoms with Gasteiger partial charge >= 0.3 is 6.03 Å². The Hall–Kier alpha value is -2.51. The van der Waals surface area contributed by atoms with E-state index < -0.39 is 0 Å². The molecule has 0 aliphatic carbocycles. The van der Waals surface area contributed by atoms with E-state index in [2.05, 4.69) is 0 Å². The number of hydrogen-bond acceptors (Lipinski definition) is 4. The number of aryl methyl sites for hydroxylation is 2. The maximum absolute atomic E-state index is 13.1. The summed E-state index contributed by atoms with van der Waals surface area (Å²) in [6.07, 6.45) is 1.23. The second-order valence-electron chi connectivity index (χ2n) is 7.08. The van der Waals surface area contributed by atoms with Crippen LogP contribution >= 0.6 is 22.7 Å². The molecule has 0 unspecified atom stereocenters. The van der Waals surface area contributed by atoms with Crippen LogP contribution in [0.4, 0.5) is 14.2 Å². The Balaban J connectivity index is 1.42. The number of thiophene rings is 2. The normalized spacial score (nSPS) is 14.1. The predicted octanol–water partition coefficient (Wildman–Crippen LogP) is 5.51. The molecule has 1 fully saturated rings. The zero-order chi connectivity index (χ0) is 20.4. The highest BCUT2D eigenvalue weighted by atomic mass is 32.1. The molecule has 4 rings (SSSR count). The molecule has 2 amide bonds. The van der Waals surface area contributed by atoms with Crippen LogP contribution in [-0.2, 0) is 13.0 Å². The van der Waals surface area contributed by atoms with Crippen LogP contribution in [0.15, 0.2) is 47.8 Å². The van der Waals surface area contributed by atoms with Crippen molar-refractivity contribution in [2.75, 3.05) is 18.0 Å². The van der Waals surface area contributed by atoms with Gasteiger partial charge in [-0.15, -0.1) is 22.7 Å². The molecule has 7 heteroatoms. The van der Waals surface area contributed by atoms with Crippen molar-refractivity contribution in [3.05, 3.63) is 74.5 Å². The Kier molecular flexibility index (Phi) is 5.78. The first kappa shape index (κ1) is 19.8. The highest BCUT2D eigenvalue weighted by Crippen LogP contribution is 2.33. The fraction of sp³-hybridized carbons (Fsp3) is 0.273. The molecule has 1 aliphatic rings. The quantitative estimate of drug-likeness (QED) is 0.465. The van der Waals surface area contributed by atoms with Crippen LogP contribution in [0.5, 0.6) is 0 Å². The first-order valence-electron chi connectivity index (χ1n) is 9.48. The lowest BCUT2D eigenvalue weighted by Gasteiger charge is -2.17. The Labute approximate surface area is 177 Å². The summed E-state index contributed by atoms with van der Waals surface area (Å²) in [4.78, 5) is 31.0. The molecular weight excluding hydrogens is 407 g/mol. The van der Waals surface area contributed by atoms with E-state index in [-0.39, 0.29) is 17.6 Å². The Morgan fingerprint density at radius 3 is 2.69 bits per heavy atom. The van der Waals surface area contributed by atoms with Crippen molar-refractivity contribution >= 4 is 39.5 Å². The molecule has 3 aromatic rings. The molecule has 0 spiro atoms. The third-order valence-corrected chi connectivity index (χ3v) is 7.22. The maximum atomic E-state index is 13.1. The van der Waals surface area contributed by atoms with Crippen LogP contribution in [0.2, 0.25) is 0 Å². The number of carbonyl (C=O) groups excluding carboxylic acids is 2. The molecule has 0 bridgehead atoms. The van der Waals surface area contributed by atoms with Crippen LogP contribution in [0.25, 0.3) is 0 Å². The zero-order valence-corrected chi connectivity index (χ0v) is 17.7.